The zero-order valence-corrected chi connectivity index (χ0v) is 10.2. The summed E-state index contributed by atoms with van der Waals surface area (Å²) in [7, 11) is 3.32. The fraction of sp³-hybridized carbons (Fsp3) is 0.500. The third kappa shape index (κ3) is 3.62. The van der Waals surface area contributed by atoms with Crippen molar-refractivity contribution in [2.45, 2.75) is 6.92 Å². The van der Waals surface area contributed by atoms with Crippen molar-refractivity contribution in [3.8, 4) is 11.5 Å². The van der Waals surface area contributed by atoms with E-state index in [1.807, 2.05) is 18.2 Å². The highest BCUT2D eigenvalue weighted by Gasteiger charge is 2.03. The molecule has 0 unspecified atom stereocenters. The summed E-state index contributed by atoms with van der Waals surface area (Å²) in [5.74, 6) is 1.66. The first-order chi connectivity index (χ1) is 7.81. The summed E-state index contributed by atoms with van der Waals surface area (Å²) < 4.78 is 10.4. The third-order valence-corrected chi connectivity index (χ3v) is 2.27. The summed E-state index contributed by atoms with van der Waals surface area (Å²) in [4.78, 5) is 0. The molecule has 90 valence electrons. The number of methoxy groups -OCH3 is 2. The first-order valence-electron chi connectivity index (χ1n) is 5.48. The Labute approximate surface area is 96.9 Å². The van der Waals surface area contributed by atoms with Crippen LogP contribution in [0.5, 0.6) is 11.5 Å². The topological polar surface area (TPSA) is 42.5 Å². The molecule has 0 spiro atoms. The maximum absolute atomic E-state index is 5.26. The second-order valence-corrected chi connectivity index (χ2v) is 3.35. The molecule has 1 aromatic carbocycles. The lowest BCUT2D eigenvalue weighted by molar-refractivity contribution is 0.404. The van der Waals surface area contributed by atoms with Crippen LogP contribution in [0.1, 0.15) is 6.92 Å². The second-order valence-electron chi connectivity index (χ2n) is 3.35. The van der Waals surface area contributed by atoms with Gasteiger partial charge in [0.2, 0.25) is 0 Å². The van der Waals surface area contributed by atoms with Crippen LogP contribution in [0.4, 0.5) is 5.69 Å². The fourth-order valence-corrected chi connectivity index (χ4v) is 1.41. The molecule has 0 amide bonds. The van der Waals surface area contributed by atoms with Crippen LogP contribution in [-0.4, -0.2) is 33.9 Å². The van der Waals surface area contributed by atoms with Crippen LogP contribution in [0.2, 0.25) is 0 Å². The molecule has 1 aromatic rings. The van der Waals surface area contributed by atoms with Crippen LogP contribution < -0.4 is 20.1 Å². The minimum Gasteiger partial charge on any atom is -0.497 e. The van der Waals surface area contributed by atoms with Gasteiger partial charge in [-0.3, -0.25) is 0 Å². The summed E-state index contributed by atoms with van der Waals surface area (Å²) in [6, 6.07) is 5.72. The van der Waals surface area contributed by atoms with E-state index in [4.69, 9.17) is 9.47 Å². The molecule has 1 rings (SSSR count). The Morgan fingerprint density at radius 1 is 1.12 bits per heavy atom. The van der Waals surface area contributed by atoms with Gasteiger partial charge in [0.15, 0.2) is 0 Å². The molecular formula is C12H20N2O2. The predicted molar refractivity (Wildman–Crippen MR) is 66.6 cm³/mol. The molecule has 0 saturated heterocycles. The average Bonchev–Trinajstić information content (AvgIpc) is 2.34. The Morgan fingerprint density at radius 3 is 2.56 bits per heavy atom. The molecule has 0 radical (unpaired) electrons. The highest BCUT2D eigenvalue weighted by molar-refractivity contribution is 5.59. The summed E-state index contributed by atoms with van der Waals surface area (Å²) in [6.45, 7) is 4.86. The lowest BCUT2D eigenvalue weighted by atomic mass is 10.2. The van der Waals surface area contributed by atoms with Gasteiger partial charge in [-0.25, -0.2) is 0 Å². The molecule has 0 atom stereocenters. The smallest absolute Gasteiger partial charge is 0.142 e. The van der Waals surface area contributed by atoms with E-state index in [1.165, 1.54) is 0 Å². The molecule has 16 heavy (non-hydrogen) atoms. The van der Waals surface area contributed by atoms with Crippen molar-refractivity contribution in [3.05, 3.63) is 18.2 Å². The third-order valence-electron chi connectivity index (χ3n) is 2.27. The number of hydrogen-bond donors (Lipinski definition) is 2. The van der Waals surface area contributed by atoms with Gasteiger partial charge in [-0.05, 0) is 18.7 Å². The van der Waals surface area contributed by atoms with Gasteiger partial charge in [0.05, 0.1) is 19.9 Å². The van der Waals surface area contributed by atoms with Crippen LogP contribution in [0.3, 0.4) is 0 Å². The molecule has 0 fully saturated rings. The second kappa shape index (κ2) is 6.95. The van der Waals surface area contributed by atoms with Crippen LogP contribution in [0.25, 0.3) is 0 Å². The van der Waals surface area contributed by atoms with Gasteiger partial charge in [-0.2, -0.15) is 0 Å². The monoisotopic (exact) mass is 224 g/mol. The van der Waals surface area contributed by atoms with E-state index < -0.39 is 0 Å². The number of hydrogen-bond acceptors (Lipinski definition) is 4. The molecule has 0 bridgehead atoms. The minimum absolute atomic E-state index is 0.826. The van der Waals surface area contributed by atoms with E-state index in [-0.39, 0.29) is 0 Å². The standard InChI is InChI=1S/C12H20N2O2/c1-4-13-7-8-14-11-9-10(15-2)5-6-12(11)16-3/h5-6,9,13-14H,4,7-8H2,1-3H3. The van der Waals surface area contributed by atoms with Crippen LogP contribution >= 0.6 is 0 Å². The number of likely N-dealkylation sites (N-methyl/N-ethyl adjacent to an activating group) is 1. The van der Waals surface area contributed by atoms with E-state index in [0.717, 1.165) is 36.8 Å². The highest BCUT2D eigenvalue weighted by Crippen LogP contribution is 2.28. The molecule has 0 aromatic heterocycles. The Balaban J connectivity index is 2.60. The molecule has 0 aliphatic rings. The van der Waals surface area contributed by atoms with Crippen molar-refractivity contribution < 1.29 is 9.47 Å². The number of ether oxygens (including phenoxy) is 2. The van der Waals surface area contributed by atoms with Crippen LogP contribution in [0, 0.1) is 0 Å². The predicted octanol–water partition coefficient (Wildman–Crippen LogP) is 1.73. The Kier molecular flexibility index (Phi) is 5.50. The molecule has 0 saturated carbocycles. The largest absolute Gasteiger partial charge is 0.497 e. The zero-order valence-electron chi connectivity index (χ0n) is 10.2. The van der Waals surface area contributed by atoms with E-state index in [0.29, 0.717) is 0 Å². The van der Waals surface area contributed by atoms with Gasteiger partial charge >= 0.3 is 0 Å². The van der Waals surface area contributed by atoms with Crippen LogP contribution in [-0.2, 0) is 0 Å². The lowest BCUT2D eigenvalue weighted by Crippen LogP contribution is -2.21. The van der Waals surface area contributed by atoms with Gasteiger partial charge in [-0.1, -0.05) is 6.92 Å². The molecular weight excluding hydrogens is 204 g/mol. The fourth-order valence-electron chi connectivity index (χ4n) is 1.41. The van der Waals surface area contributed by atoms with Gasteiger partial charge in [0, 0.05) is 19.2 Å². The van der Waals surface area contributed by atoms with Gasteiger partial charge < -0.3 is 20.1 Å². The molecule has 4 nitrogen and oxygen atoms in total. The van der Waals surface area contributed by atoms with Crippen molar-refractivity contribution in [3.63, 3.8) is 0 Å². The van der Waals surface area contributed by atoms with Gasteiger partial charge in [0.1, 0.15) is 11.5 Å². The lowest BCUT2D eigenvalue weighted by Gasteiger charge is -2.12. The van der Waals surface area contributed by atoms with E-state index in [2.05, 4.69) is 17.6 Å². The Morgan fingerprint density at radius 2 is 1.94 bits per heavy atom. The Bertz CT molecular complexity index is 316. The van der Waals surface area contributed by atoms with Crippen molar-refractivity contribution in [2.24, 2.45) is 0 Å². The van der Waals surface area contributed by atoms with Crippen molar-refractivity contribution in [2.75, 3.05) is 39.2 Å². The first kappa shape index (κ1) is 12.6. The molecule has 0 aliphatic carbocycles. The van der Waals surface area contributed by atoms with Gasteiger partial charge in [-0.15, -0.1) is 0 Å². The SMILES string of the molecule is CCNCCNc1cc(OC)ccc1OC. The van der Waals surface area contributed by atoms with Crippen molar-refractivity contribution in [1.29, 1.82) is 0 Å². The summed E-state index contributed by atoms with van der Waals surface area (Å²) >= 11 is 0. The summed E-state index contributed by atoms with van der Waals surface area (Å²) in [5.41, 5.74) is 0.958. The maximum atomic E-state index is 5.26. The van der Waals surface area contributed by atoms with E-state index in [1.54, 1.807) is 14.2 Å². The average molecular weight is 224 g/mol. The summed E-state index contributed by atoms with van der Waals surface area (Å²) in [5, 5.41) is 6.56. The maximum Gasteiger partial charge on any atom is 0.142 e. The molecule has 4 heteroatoms. The van der Waals surface area contributed by atoms with Crippen molar-refractivity contribution >= 4 is 5.69 Å². The number of nitrogens with one attached hydrogen (secondary N) is 2. The number of rotatable bonds is 7. The Hall–Kier alpha value is -1.42. The van der Waals surface area contributed by atoms with Crippen LogP contribution in [0.15, 0.2) is 18.2 Å². The first-order valence-corrected chi connectivity index (χ1v) is 5.48. The molecule has 0 aliphatic heterocycles. The van der Waals surface area contributed by atoms with E-state index in [9.17, 15) is 0 Å². The highest BCUT2D eigenvalue weighted by atomic mass is 16.5. The molecule has 2 N–H and O–H groups in total. The zero-order chi connectivity index (χ0) is 11.8. The molecule has 0 heterocycles. The van der Waals surface area contributed by atoms with Gasteiger partial charge in [0.25, 0.3) is 0 Å². The normalized spacial score (nSPS) is 9.94. The number of benzene rings is 1. The quantitative estimate of drug-likeness (QED) is 0.692. The van der Waals surface area contributed by atoms with E-state index >= 15 is 0 Å². The van der Waals surface area contributed by atoms with Crippen molar-refractivity contribution in [1.82, 2.24) is 5.32 Å². The number of anilines is 1. The minimum atomic E-state index is 0.826. The summed E-state index contributed by atoms with van der Waals surface area (Å²) in [6.07, 6.45) is 0.